The fraction of sp³-hybridized carbons (Fsp3) is 0.241. The zero-order valence-corrected chi connectivity index (χ0v) is 20.3. The number of methoxy groups -OCH3 is 1. The van der Waals surface area contributed by atoms with Gasteiger partial charge in [0.1, 0.15) is 5.75 Å². The van der Waals surface area contributed by atoms with Crippen molar-refractivity contribution in [2.24, 2.45) is 5.92 Å². The molecule has 0 aliphatic carbocycles. The third kappa shape index (κ3) is 5.35. The van der Waals surface area contributed by atoms with Gasteiger partial charge in [-0.15, -0.1) is 0 Å². The van der Waals surface area contributed by atoms with Crippen LogP contribution in [0.25, 0.3) is 21.9 Å². The molecular weight excluding hydrogens is 465 g/mol. The summed E-state index contributed by atoms with van der Waals surface area (Å²) in [6, 6.07) is 18.5. The molecule has 7 heteroatoms. The van der Waals surface area contributed by atoms with Crippen molar-refractivity contribution in [3.63, 3.8) is 0 Å². The number of carbonyl (C=O) groups excluding carboxylic acids is 1. The van der Waals surface area contributed by atoms with Gasteiger partial charge in [0, 0.05) is 24.3 Å². The number of benzene rings is 3. The van der Waals surface area contributed by atoms with Crippen LogP contribution in [0.4, 0.5) is 13.2 Å². The fourth-order valence-corrected chi connectivity index (χ4v) is 4.46. The number of hydrogen-bond acceptors (Lipinski definition) is 3. The molecule has 1 atom stereocenters. The first-order valence-corrected chi connectivity index (χ1v) is 11.6. The predicted octanol–water partition coefficient (Wildman–Crippen LogP) is 6.99. The van der Waals surface area contributed by atoms with Crippen LogP contribution < -0.4 is 10.1 Å². The molecule has 4 rings (SSSR count). The van der Waals surface area contributed by atoms with Gasteiger partial charge in [-0.25, -0.2) is 0 Å². The molecule has 0 aliphatic heterocycles. The standard InChI is InChI=1S/C29H27F3N2O2/c1-18(2)27(19-7-10-22(11-8-19)29(30,31)32)28(35)34-16-21-9-12-24(25-13-14-33-17-26(21)25)20-5-4-6-23(15-20)36-3/h4-15,17-18,27H,16H2,1-3H3,(H,34,35). The third-order valence-corrected chi connectivity index (χ3v) is 6.29. The molecule has 0 bridgehead atoms. The summed E-state index contributed by atoms with van der Waals surface area (Å²) in [5.41, 5.74) is 2.74. The van der Waals surface area contributed by atoms with E-state index < -0.39 is 17.7 Å². The van der Waals surface area contributed by atoms with Gasteiger partial charge < -0.3 is 10.1 Å². The number of carbonyl (C=O) groups is 1. The maximum Gasteiger partial charge on any atom is 0.416 e. The molecule has 1 amide bonds. The normalized spacial score (nSPS) is 12.5. The molecule has 0 radical (unpaired) electrons. The zero-order valence-electron chi connectivity index (χ0n) is 20.3. The van der Waals surface area contributed by atoms with Crippen molar-refractivity contribution in [2.75, 3.05) is 7.11 Å². The number of rotatable bonds is 7. The molecule has 0 aliphatic rings. The van der Waals surface area contributed by atoms with E-state index in [0.717, 1.165) is 45.3 Å². The number of aromatic nitrogens is 1. The molecule has 1 unspecified atom stereocenters. The quantitative estimate of drug-likeness (QED) is 0.303. The van der Waals surface area contributed by atoms with E-state index in [4.69, 9.17) is 4.74 Å². The Labute approximate surface area is 208 Å². The van der Waals surface area contributed by atoms with Crippen molar-refractivity contribution < 1.29 is 22.7 Å². The Morgan fingerprint density at radius 2 is 1.75 bits per heavy atom. The summed E-state index contributed by atoms with van der Waals surface area (Å²) in [7, 11) is 1.63. The van der Waals surface area contributed by atoms with Gasteiger partial charge in [-0.3, -0.25) is 9.78 Å². The second-order valence-electron chi connectivity index (χ2n) is 8.98. The van der Waals surface area contributed by atoms with E-state index >= 15 is 0 Å². The van der Waals surface area contributed by atoms with Crippen molar-refractivity contribution in [1.29, 1.82) is 0 Å². The van der Waals surface area contributed by atoms with E-state index in [1.807, 2.05) is 56.3 Å². The van der Waals surface area contributed by atoms with Gasteiger partial charge in [0.25, 0.3) is 0 Å². The van der Waals surface area contributed by atoms with Crippen molar-refractivity contribution in [3.05, 3.63) is 95.8 Å². The molecular formula is C29H27F3N2O2. The van der Waals surface area contributed by atoms with Gasteiger partial charge in [-0.1, -0.05) is 50.2 Å². The average molecular weight is 493 g/mol. The molecule has 1 heterocycles. The highest BCUT2D eigenvalue weighted by Crippen LogP contribution is 2.34. The average Bonchev–Trinajstić information content (AvgIpc) is 2.87. The van der Waals surface area contributed by atoms with Gasteiger partial charge in [-0.2, -0.15) is 13.2 Å². The minimum atomic E-state index is -4.42. The van der Waals surface area contributed by atoms with Crippen molar-refractivity contribution >= 4 is 16.7 Å². The van der Waals surface area contributed by atoms with E-state index in [9.17, 15) is 18.0 Å². The summed E-state index contributed by atoms with van der Waals surface area (Å²) in [4.78, 5) is 17.5. The zero-order chi connectivity index (χ0) is 25.9. The Morgan fingerprint density at radius 1 is 1.00 bits per heavy atom. The van der Waals surface area contributed by atoms with E-state index in [-0.39, 0.29) is 18.4 Å². The minimum Gasteiger partial charge on any atom is -0.497 e. The molecule has 0 saturated carbocycles. The van der Waals surface area contributed by atoms with Crippen LogP contribution in [-0.2, 0) is 17.5 Å². The summed E-state index contributed by atoms with van der Waals surface area (Å²) in [5, 5.41) is 4.89. The lowest BCUT2D eigenvalue weighted by Gasteiger charge is -2.22. The van der Waals surface area contributed by atoms with Gasteiger partial charge in [-0.05, 0) is 63.9 Å². The van der Waals surface area contributed by atoms with Crippen LogP contribution in [0.2, 0.25) is 0 Å². The summed E-state index contributed by atoms with van der Waals surface area (Å²) >= 11 is 0. The highest BCUT2D eigenvalue weighted by Gasteiger charge is 2.31. The summed E-state index contributed by atoms with van der Waals surface area (Å²) in [6.07, 6.45) is -0.912. The molecule has 1 aromatic heterocycles. The van der Waals surface area contributed by atoms with Crippen molar-refractivity contribution in [1.82, 2.24) is 10.3 Å². The monoisotopic (exact) mass is 492 g/mol. The number of alkyl halides is 3. The highest BCUT2D eigenvalue weighted by molar-refractivity contribution is 5.98. The van der Waals surface area contributed by atoms with E-state index in [1.54, 1.807) is 19.5 Å². The molecule has 4 nitrogen and oxygen atoms in total. The summed E-state index contributed by atoms with van der Waals surface area (Å²) in [5.74, 6) is -0.156. The van der Waals surface area contributed by atoms with Gasteiger partial charge in [0.05, 0.1) is 18.6 Å². The number of fused-ring (bicyclic) bond motifs is 1. The van der Waals surface area contributed by atoms with Gasteiger partial charge >= 0.3 is 6.18 Å². The number of amides is 1. The molecule has 0 saturated heterocycles. The second-order valence-corrected chi connectivity index (χ2v) is 8.98. The topological polar surface area (TPSA) is 51.2 Å². The first-order valence-electron chi connectivity index (χ1n) is 11.6. The highest BCUT2D eigenvalue weighted by atomic mass is 19.4. The number of nitrogens with zero attached hydrogens (tertiary/aromatic N) is 1. The first kappa shape index (κ1) is 25.2. The molecule has 0 spiro atoms. The number of hydrogen-bond donors (Lipinski definition) is 1. The van der Waals surface area contributed by atoms with Crippen LogP contribution >= 0.6 is 0 Å². The van der Waals surface area contributed by atoms with E-state index in [1.165, 1.54) is 12.1 Å². The lowest BCUT2D eigenvalue weighted by atomic mass is 9.87. The predicted molar refractivity (Wildman–Crippen MR) is 135 cm³/mol. The Bertz CT molecular complexity index is 1370. The van der Waals surface area contributed by atoms with Crippen LogP contribution in [0.15, 0.2) is 79.1 Å². The SMILES string of the molecule is COc1cccc(-c2ccc(CNC(=O)C(c3ccc(C(F)(F)F)cc3)C(C)C)c3cnccc23)c1. The van der Waals surface area contributed by atoms with Crippen LogP contribution in [0.5, 0.6) is 5.75 Å². The lowest BCUT2D eigenvalue weighted by Crippen LogP contribution is -2.31. The van der Waals surface area contributed by atoms with Gasteiger partial charge in [0.15, 0.2) is 0 Å². The number of halogens is 3. The van der Waals surface area contributed by atoms with Gasteiger partial charge in [0.2, 0.25) is 5.91 Å². The van der Waals surface area contributed by atoms with Crippen LogP contribution in [0.3, 0.4) is 0 Å². The Morgan fingerprint density at radius 3 is 2.42 bits per heavy atom. The minimum absolute atomic E-state index is 0.101. The maximum atomic E-state index is 13.2. The molecule has 3 aromatic carbocycles. The molecule has 186 valence electrons. The number of nitrogens with one attached hydrogen (secondary N) is 1. The van der Waals surface area contributed by atoms with Crippen LogP contribution in [-0.4, -0.2) is 18.0 Å². The van der Waals surface area contributed by atoms with Crippen LogP contribution in [0.1, 0.15) is 36.5 Å². The Balaban J connectivity index is 1.59. The largest absolute Gasteiger partial charge is 0.497 e. The van der Waals surface area contributed by atoms with Crippen molar-refractivity contribution in [2.45, 2.75) is 32.5 Å². The summed E-state index contributed by atoms with van der Waals surface area (Å²) < 4.78 is 44.2. The number of pyridine rings is 1. The molecule has 4 aromatic rings. The molecule has 36 heavy (non-hydrogen) atoms. The van der Waals surface area contributed by atoms with Crippen molar-refractivity contribution in [3.8, 4) is 16.9 Å². The molecule has 0 fully saturated rings. The summed E-state index contributed by atoms with van der Waals surface area (Å²) in [6.45, 7) is 4.03. The Kier molecular flexibility index (Phi) is 7.29. The first-order chi connectivity index (χ1) is 17.2. The maximum absolute atomic E-state index is 13.2. The second kappa shape index (κ2) is 10.4. The smallest absolute Gasteiger partial charge is 0.416 e. The third-order valence-electron chi connectivity index (χ3n) is 6.29. The molecule has 1 N–H and O–H groups in total. The number of ether oxygens (including phenoxy) is 1. The lowest BCUT2D eigenvalue weighted by molar-refractivity contribution is -0.137. The Hall–Kier alpha value is -3.87. The fourth-order valence-electron chi connectivity index (χ4n) is 4.46. The van der Waals surface area contributed by atoms with E-state index in [2.05, 4.69) is 10.3 Å². The van der Waals surface area contributed by atoms with Crippen LogP contribution in [0, 0.1) is 5.92 Å². The van der Waals surface area contributed by atoms with E-state index in [0.29, 0.717) is 5.56 Å².